The molecule has 0 atom stereocenters. The second kappa shape index (κ2) is 3.37. The molecule has 1 heterocycles. The molecule has 1 aromatic rings. The maximum Gasteiger partial charge on any atom is 0.129 e. The molecular formula is C6H5ClIN. The van der Waals surface area contributed by atoms with E-state index in [1.165, 1.54) is 0 Å². The van der Waals surface area contributed by atoms with Gasteiger partial charge in [-0.1, -0.05) is 40.3 Å². The molecule has 0 aliphatic carbocycles. The number of alkyl halides is 1. The van der Waals surface area contributed by atoms with E-state index in [1.54, 1.807) is 6.07 Å². The topological polar surface area (TPSA) is 12.9 Å². The normalized spacial score (nSPS) is 9.56. The van der Waals surface area contributed by atoms with Crippen LogP contribution >= 0.6 is 34.2 Å². The molecule has 0 saturated carbocycles. The largest absolute Gasteiger partial charge is 0.240 e. The van der Waals surface area contributed by atoms with Crippen molar-refractivity contribution in [1.29, 1.82) is 0 Å². The molecule has 0 radical (unpaired) electrons. The first-order valence-corrected chi connectivity index (χ1v) is 4.40. The third kappa shape index (κ3) is 2.10. The number of aromatic nitrogens is 1. The molecule has 1 nitrogen and oxygen atoms in total. The van der Waals surface area contributed by atoms with E-state index in [1.807, 2.05) is 12.1 Å². The van der Waals surface area contributed by atoms with Gasteiger partial charge in [0.1, 0.15) is 5.15 Å². The maximum atomic E-state index is 5.61. The predicted octanol–water partition coefficient (Wildman–Crippen LogP) is 2.67. The van der Waals surface area contributed by atoms with Crippen LogP contribution in [-0.2, 0) is 4.43 Å². The number of pyridine rings is 1. The Labute approximate surface area is 72.6 Å². The molecule has 0 spiro atoms. The highest BCUT2D eigenvalue weighted by Gasteiger charge is 1.90. The Bertz CT molecular complexity index is 202. The van der Waals surface area contributed by atoms with Gasteiger partial charge in [-0.25, -0.2) is 4.98 Å². The lowest BCUT2D eigenvalue weighted by atomic mass is 10.4. The summed E-state index contributed by atoms with van der Waals surface area (Å²) < 4.78 is 0.915. The van der Waals surface area contributed by atoms with Gasteiger partial charge in [0, 0.05) is 4.43 Å². The van der Waals surface area contributed by atoms with Gasteiger partial charge in [-0.2, -0.15) is 0 Å². The summed E-state index contributed by atoms with van der Waals surface area (Å²) in [6.07, 6.45) is 0. The van der Waals surface area contributed by atoms with Crippen LogP contribution < -0.4 is 0 Å². The van der Waals surface area contributed by atoms with Gasteiger partial charge in [-0.05, 0) is 12.1 Å². The van der Waals surface area contributed by atoms with Crippen molar-refractivity contribution in [3.05, 3.63) is 29.0 Å². The molecule has 0 unspecified atom stereocenters. The molecule has 0 aromatic carbocycles. The maximum absolute atomic E-state index is 5.61. The summed E-state index contributed by atoms with van der Waals surface area (Å²) in [5, 5.41) is 0.573. The van der Waals surface area contributed by atoms with E-state index < -0.39 is 0 Å². The highest BCUT2D eigenvalue weighted by atomic mass is 127. The van der Waals surface area contributed by atoms with E-state index in [0.29, 0.717) is 5.15 Å². The Morgan fingerprint density at radius 1 is 1.56 bits per heavy atom. The van der Waals surface area contributed by atoms with Crippen LogP contribution in [0.2, 0.25) is 5.15 Å². The predicted molar refractivity (Wildman–Crippen MR) is 47.0 cm³/mol. The number of halogens is 2. The zero-order valence-corrected chi connectivity index (χ0v) is 7.56. The van der Waals surface area contributed by atoms with E-state index in [0.717, 1.165) is 10.1 Å². The summed E-state index contributed by atoms with van der Waals surface area (Å²) in [7, 11) is 0. The molecule has 0 saturated heterocycles. The molecule has 0 N–H and O–H groups in total. The highest BCUT2D eigenvalue weighted by Crippen LogP contribution is 2.07. The first kappa shape index (κ1) is 7.28. The van der Waals surface area contributed by atoms with E-state index >= 15 is 0 Å². The van der Waals surface area contributed by atoms with Crippen molar-refractivity contribution < 1.29 is 0 Å². The smallest absolute Gasteiger partial charge is 0.129 e. The molecule has 9 heavy (non-hydrogen) atoms. The minimum atomic E-state index is 0.573. The van der Waals surface area contributed by atoms with Crippen molar-refractivity contribution in [2.24, 2.45) is 0 Å². The molecular weight excluding hydrogens is 248 g/mol. The lowest BCUT2D eigenvalue weighted by molar-refractivity contribution is 1.19. The summed E-state index contributed by atoms with van der Waals surface area (Å²) in [6, 6.07) is 5.64. The van der Waals surface area contributed by atoms with E-state index in [9.17, 15) is 0 Å². The fourth-order valence-electron chi connectivity index (χ4n) is 0.525. The summed E-state index contributed by atoms with van der Waals surface area (Å²) in [4.78, 5) is 4.05. The lowest BCUT2D eigenvalue weighted by Gasteiger charge is -1.91. The third-order valence-electron chi connectivity index (χ3n) is 0.910. The quantitative estimate of drug-likeness (QED) is 0.426. The van der Waals surface area contributed by atoms with E-state index in [2.05, 4.69) is 27.6 Å². The minimum Gasteiger partial charge on any atom is -0.240 e. The van der Waals surface area contributed by atoms with E-state index in [-0.39, 0.29) is 0 Å². The van der Waals surface area contributed by atoms with Gasteiger partial charge in [0.05, 0.1) is 5.69 Å². The molecule has 48 valence electrons. The molecule has 0 bridgehead atoms. The van der Waals surface area contributed by atoms with Gasteiger partial charge in [-0.15, -0.1) is 0 Å². The Kier molecular flexibility index (Phi) is 2.72. The summed E-state index contributed by atoms with van der Waals surface area (Å²) in [6.45, 7) is 0. The monoisotopic (exact) mass is 253 g/mol. The van der Waals surface area contributed by atoms with Crippen LogP contribution in [0.4, 0.5) is 0 Å². The second-order valence-corrected chi connectivity index (χ2v) is 2.74. The van der Waals surface area contributed by atoms with Crippen molar-refractivity contribution >= 4 is 34.2 Å². The van der Waals surface area contributed by atoms with Crippen LogP contribution in [0.3, 0.4) is 0 Å². The molecule has 0 aliphatic rings. The number of nitrogens with zero attached hydrogens (tertiary/aromatic N) is 1. The first-order chi connectivity index (χ1) is 4.33. The van der Waals surface area contributed by atoms with Gasteiger partial charge in [0.2, 0.25) is 0 Å². The standard InChI is InChI=1S/C6H5ClIN/c7-6-3-1-2-5(4-8)9-6/h1-3H,4H2. The van der Waals surface area contributed by atoms with Crippen LogP contribution in [0.5, 0.6) is 0 Å². The van der Waals surface area contributed by atoms with Gasteiger partial charge >= 0.3 is 0 Å². The molecule has 1 rings (SSSR count). The van der Waals surface area contributed by atoms with Gasteiger partial charge in [0.15, 0.2) is 0 Å². The van der Waals surface area contributed by atoms with Crippen molar-refractivity contribution in [2.75, 3.05) is 0 Å². The summed E-state index contributed by atoms with van der Waals surface area (Å²) >= 11 is 7.86. The molecule has 0 amide bonds. The van der Waals surface area contributed by atoms with Gasteiger partial charge in [0.25, 0.3) is 0 Å². The number of hydrogen-bond donors (Lipinski definition) is 0. The van der Waals surface area contributed by atoms with Crippen LogP contribution in [0.1, 0.15) is 5.69 Å². The average Bonchev–Trinajstić information content (AvgIpc) is 1.88. The molecule has 3 heteroatoms. The molecule has 0 fully saturated rings. The van der Waals surface area contributed by atoms with E-state index in [4.69, 9.17) is 11.6 Å². The van der Waals surface area contributed by atoms with Crippen LogP contribution in [0.15, 0.2) is 18.2 Å². The Morgan fingerprint density at radius 2 is 2.33 bits per heavy atom. The zero-order valence-electron chi connectivity index (χ0n) is 4.64. The Morgan fingerprint density at radius 3 is 2.78 bits per heavy atom. The Hall–Kier alpha value is 0.170. The van der Waals surface area contributed by atoms with Crippen LogP contribution in [0.25, 0.3) is 0 Å². The molecule has 0 aliphatic heterocycles. The van der Waals surface area contributed by atoms with Crippen LogP contribution in [0, 0.1) is 0 Å². The van der Waals surface area contributed by atoms with Crippen molar-refractivity contribution in [3.63, 3.8) is 0 Å². The number of rotatable bonds is 1. The van der Waals surface area contributed by atoms with Crippen molar-refractivity contribution in [1.82, 2.24) is 4.98 Å². The summed E-state index contributed by atoms with van der Waals surface area (Å²) in [5.41, 5.74) is 1.03. The average molecular weight is 253 g/mol. The first-order valence-electron chi connectivity index (χ1n) is 2.50. The molecule has 1 aromatic heterocycles. The van der Waals surface area contributed by atoms with Gasteiger partial charge in [-0.3, -0.25) is 0 Å². The van der Waals surface area contributed by atoms with Gasteiger partial charge < -0.3 is 0 Å². The van der Waals surface area contributed by atoms with Crippen molar-refractivity contribution in [3.8, 4) is 0 Å². The second-order valence-electron chi connectivity index (χ2n) is 1.59. The van der Waals surface area contributed by atoms with Crippen LogP contribution in [-0.4, -0.2) is 4.98 Å². The fraction of sp³-hybridized carbons (Fsp3) is 0.167. The van der Waals surface area contributed by atoms with Crippen molar-refractivity contribution in [2.45, 2.75) is 4.43 Å². The Balaban J connectivity index is 2.94. The third-order valence-corrected chi connectivity index (χ3v) is 1.90. The SMILES string of the molecule is Clc1cccc(CI)n1. The lowest BCUT2D eigenvalue weighted by Crippen LogP contribution is -1.81. The highest BCUT2D eigenvalue weighted by molar-refractivity contribution is 14.1. The fourth-order valence-corrected chi connectivity index (χ4v) is 1.13. The summed E-state index contributed by atoms with van der Waals surface area (Å²) in [5.74, 6) is 0. The minimum absolute atomic E-state index is 0.573. The number of hydrogen-bond acceptors (Lipinski definition) is 1. The zero-order chi connectivity index (χ0) is 6.69.